The predicted octanol–water partition coefficient (Wildman–Crippen LogP) is 5.01. The molecule has 1 aliphatic carbocycles. The van der Waals surface area contributed by atoms with Crippen LogP contribution in [0.2, 0.25) is 0 Å². The summed E-state index contributed by atoms with van der Waals surface area (Å²) < 4.78 is 5.56. The first-order valence-corrected chi connectivity index (χ1v) is 12.0. The smallest absolute Gasteiger partial charge is 0.407 e. The Kier molecular flexibility index (Phi) is 9.06. The normalized spacial score (nSPS) is 13.7. The van der Waals surface area contributed by atoms with Gasteiger partial charge in [-0.1, -0.05) is 60.2 Å². The van der Waals surface area contributed by atoms with E-state index in [1.165, 1.54) is 11.1 Å². The molecule has 2 aromatic carbocycles. The number of carboxylic acids is 1. The highest BCUT2D eigenvalue weighted by atomic mass is 16.5. The van der Waals surface area contributed by atoms with E-state index in [2.05, 4.69) is 34.9 Å². The minimum Gasteiger partial charge on any atom is -0.480 e. The highest BCUT2D eigenvalue weighted by Gasteiger charge is 2.29. The van der Waals surface area contributed by atoms with E-state index >= 15 is 0 Å². The maximum absolute atomic E-state index is 12.4. The van der Waals surface area contributed by atoms with Gasteiger partial charge in [0.1, 0.15) is 12.6 Å². The molecule has 2 aromatic rings. The molecule has 0 bridgehead atoms. The summed E-state index contributed by atoms with van der Waals surface area (Å²) in [4.78, 5) is 35.9. The minimum atomic E-state index is -1.05. The summed E-state index contributed by atoms with van der Waals surface area (Å²) in [6.45, 7) is 5.86. The van der Waals surface area contributed by atoms with Crippen LogP contribution in [0, 0.1) is 0 Å². The lowest BCUT2D eigenvalue weighted by Crippen LogP contribution is -2.40. The molecule has 0 fully saturated rings. The Morgan fingerprint density at radius 1 is 1.00 bits per heavy atom. The highest BCUT2D eigenvalue weighted by Crippen LogP contribution is 2.44. The summed E-state index contributed by atoms with van der Waals surface area (Å²) in [6.07, 6.45) is 2.84. The second kappa shape index (κ2) is 12.2. The molecule has 35 heavy (non-hydrogen) atoms. The molecule has 7 heteroatoms. The Morgan fingerprint density at radius 3 is 2.17 bits per heavy atom. The number of hydrogen-bond donors (Lipinski definition) is 3. The van der Waals surface area contributed by atoms with Gasteiger partial charge in [0.25, 0.3) is 0 Å². The molecule has 2 unspecified atom stereocenters. The van der Waals surface area contributed by atoms with E-state index in [1.54, 1.807) is 6.08 Å². The lowest BCUT2D eigenvalue weighted by molar-refractivity contribution is -0.141. The highest BCUT2D eigenvalue weighted by molar-refractivity contribution is 5.83. The van der Waals surface area contributed by atoms with Gasteiger partial charge in [0.15, 0.2) is 0 Å². The lowest BCUT2D eigenvalue weighted by Gasteiger charge is -2.17. The molecule has 0 aliphatic heterocycles. The maximum Gasteiger partial charge on any atom is 0.407 e. The number of rotatable bonds is 11. The van der Waals surface area contributed by atoms with Crippen molar-refractivity contribution < 1.29 is 24.2 Å². The molecule has 7 nitrogen and oxygen atoms in total. The van der Waals surface area contributed by atoms with Gasteiger partial charge in [-0.3, -0.25) is 4.79 Å². The number of nitrogens with one attached hydrogen (secondary N) is 2. The fourth-order valence-electron chi connectivity index (χ4n) is 4.32. The van der Waals surface area contributed by atoms with Crippen molar-refractivity contribution in [3.05, 3.63) is 71.3 Å². The van der Waals surface area contributed by atoms with Gasteiger partial charge in [-0.2, -0.15) is 0 Å². The minimum absolute atomic E-state index is 0.000624. The second-order valence-corrected chi connectivity index (χ2v) is 9.24. The summed E-state index contributed by atoms with van der Waals surface area (Å²) in [7, 11) is 0. The molecule has 0 saturated heterocycles. The van der Waals surface area contributed by atoms with E-state index in [9.17, 15) is 19.5 Å². The molecular weight excluding hydrogens is 444 g/mol. The number of ether oxygens (including phenoxy) is 1. The van der Waals surface area contributed by atoms with Crippen molar-refractivity contribution in [2.45, 2.75) is 64.5 Å². The van der Waals surface area contributed by atoms with Gasteiger partial charge < -0.3 is 20.5 Å². The van der Waals surface area contributed by atoms with Gasteiger partial charge >= 0.3 is 12.1 Å². The van der Waals surface area contributed by atoms with Crippen LogP contribution in [-0.4, -0.2) is 41.8 Å². The standard InChI is InChI=1S/C28H34N2O5/c1-18(2)15-16-25(27(32)33)30-26(31)14-8-9-19(3)29-28(34)35-17-24-22-12-6-4-10-20(22)21-11-5-7-13-23(21)24/h4-7,10-13,15,19,24-25H,8-9,14,16-17H2,1-3H3,(H,29,34)(H,30,31)(H,32,33). The maximum atomic E-state index is 12.4. The van der Waals surface area contributed by atoms with Crippen LogP contribution in [0.25, 0.3) is 11.1 Å². The number of alkyl carbamates (subject to hydrolysis) is 1. The third-order valence-electron chi connectivity index (χ3n) is 6.14. The van der Waals surface area contributed by atoms with Gasteiger partial charge in [0, 0.05) is 18.4 Å². The first kappa shape index (κ1) is 26.0. The van der Waals surface area contributed by atoms with Crippen molar-refractivity contribution in [2.75, 3.05) is 6.61 Å². The summed E-state index contributed by atoms with van der Waals surface area (Å²) in [5.74, 6) is -1.37. The van der Waals surface area contributed by atoms with Crippen molar-refractivity contribution in [2.24, 2.45) is 0 Å². The SMILES string of the molecule is CC(C)=CCC(NC(=O)CCCC(C)NC(=O)OCC1c2ccccc2-c2ccccc21)C(=O)O. The largest absolute Gasteiger partial charge is 0.480 e. The Bertz CT molecular complexity index is 1040. The fourth-order valence-corrected chi connectivity index (χ4v) is 4.32. The van der Waals surface area contributed by atoms with Crippen LogP contribution in [0.3, 0.4) is 0 Å². The number of carbonyl (C=O) groups excluding carboxylic acids is 2. The summed E-state index contributed by atoms with van der Waals surface area (Å²) >= 11 is 0. The fraction of sp³-hybridized carbons (Fsp3) is 0.393. The molecule has 0 aromatic heterocycles. The topological polar surface area (TPSA) is 105 Å². The Hall–Kier alpha value is -3.61. The van der Waals surface area contributed by atoms with Crippen molar-refractivity contribution in [1.29, 1.82) is 0 Å². The zero-order valence-corrected chi connectivity index (χ0v) is 20.5. The number of hydrogen-bond acceptors (Lipinski definition) is 4. The van der Waals surface area contributed by atoms with E-state index in [0.29, 0.717) is 12.8 Å². The van der Waals surface area contributed by atoms with Gasteiger partial charge in [0.2, 0.25) is 5.91 Å². The summed E-state index contributed by atoms with van der Waals surface area (Å²) in [6, 6.07) is 15.2. The van der Waals surface area contributed by atoms with E-state index in [1.807, 2.05) is 45.0 Å². The van der Waals surface area contributed by atoms with Crippen molar-refractivity contribution >= 4 is 18.0 Å². The average Bonchev–Trinajstić information content (AvgIpc) is 3.14. The monoisotopic (exact) mass is 478 g/mol. The first-order valence-electron chi connectivity index (χ1n) is 12.0. The molecule has 2 atom stereocenters. The van der Waals surface area contributed by atoms with Crippen molar-refractivity contribution in [1.82, 2.24) is 10.6 Å². The molecular formula is C28H34N2O5. The van der Waals surface area contributed by atoms with Crippen LogP contribution in [0.1, 0.15) is 63.5 Å². The Labute approximate surface area is 206 Å². The van der Waals surface area contributed by atoms with Gasteiger partial charge in [0.05, 0.1) is 0 Å². The predicted molar refractivity (Wildman–Crippen MR) is 135 cm³/mol. The zero-order valence-electron chi connectivity index (χ0n) is 20.5. The molecule has 1 aliphatic rings. The molecule has 2 amide bonds. The summed E-state index contributed by atoms with van der Waals surface area (Å²) in [5, 5.41) is 14.7. The van der Waals surface area contributed by atoms with E-state index in [0.717, 1.165) is 16.7 Å². The van der Waals surface area contributed by atoms with E-state index < -0.39 is 18.1 Å². The molecule has 0 radical (unpaired) electrons. The van der Waals surface area contributed by atoms with Crippen molar-refractivity contribution in [3.63, 3.8) is 0 Å². The zero-order chi connectivity index (χ0) is 25.4. The van der Waals surface area contributed by atoms with Crippen LogP contribution < -0.4 is 10.6 Å². The van der Waals surface area contributed by atoms with Crippen molar-refractivity contribution in [3.8, 4) is 11.1 Å². The van der Waals surface area contributed by atoms with Gasteiger partial charge in [-0.15, -0.1) is 0 Å². The summed E-state index contributed by atoms with van der Waals surface area (Å²) in [5.41, 5.74) is 5.66. The third-order valence-corrected chi connectivity index (χ3v) is 6.14. The molecule has 3 N–H and O–H groups in total. The number of amides is 2. The van der Waals surface area contributed by atoms with Crippen LogP contribution in [0.15, 0.2) is 60.2 Å². The first-order chi connectivity index (χ1) is 16.8. The Balaban J connectivity index is 1.42. The average molecular weight is 479 g/mol. The molecule has 3 rings (SSSR count). The van der Waals surface area contributed by atoms with Crippen LogP contribution in [0.5, 0.6) is 0 Å². The number of carbonyl (C=O) groups is 3. The number of aliphatic carboxylic acids is 1. The van der Waals surface area contributed by atoms with Gasteiger partial charge in [-0.05, 0) is 62.3 Å². The van der Waals surface area contributed by atoms with E-state index in [4.69, 9.17) is 4.74 Å². The second-order valence-electron chi connectivity index (χ2n) is 9.24. The molecule has 0 heterocycles. The molecule has 0 spiro atoms. The number of allylic oxidation sites excluding steroid dienone is 1. The molecule has 186 valence electrons. The molecule has 0 saturated carbocycles. The van der Waals surface area contributed by atoms with Crippen LogP contribution >= 0.6 is 0 Å². The van der Waals surface area contributed by atoms with Gasteiger partial charge in [-0.25, -0.2) is 9.59 Å². The number of benzene rings is 2. The quantitative estimate of drug-likeness (QED) is 0.394. The van der Waals surface area contributed by atoms with E-state index in [-0.39, 0.29) is 37.3 Å². The third kappa shape index (κ3) is 7.18. The number of fused-ring (bicyclic) bond motifs is 3. The number of carboxylic acid groups (broad SMARTS) is 1. The van der Waals surface area contributed by atoms with Crippen LogP contribution in [-0.2, 0) is 14.3 Å². The Morgan fingerprint density at radius 2 is 1.60 bits per heavy atom. The lowest BCUT2D eigenvalue weighted by atomic mass is 9.98. The van der Waals surface area contributed by atoms with Crippen LogP contribution in [0.4, 0.5) is 4.79 Å².